The number of benzene rings is 1. The topological polar surface area (TPSA) is 160 Å². The van der Waals surface area contributed by atoms with Gasteiger partial charge in [0.15, 0.2) is 11.6 Å². The maximum Gasteiger partial charge on any atom is 0.415 e. The van der Waals surface area contributed by atoms with Crippen molar-refractivity contribution in [2.45, 2.75) is 0 Å². The van der Waals surface area contributed by atoms with E-state index in [1.807, 2.05) is 12.1 Å². The van der Waals surface area contributed by atoms with Gasteiger partial charge in [-0.2, -0.15) is 0 Å². The van der Waals surface area contributed by atoms with E-state index in [2.05, 4.69) is 20.2 Å². The number of carbonyl (C=O) groups excluding carboxylic acids is 1. The summed E-state index contributed by atoms with van der Waals surface area (Å²) in [6, 6.07) is 8.42. The largest absolute Gasteiger partial charge is 0.465 e. The standard InChI is InChI=1S/C23H22N8O4S/c1-30(23(33)34)22(32)27-15-4-2-3-13(9-15)17-10-16-18(36-17)20(31-5-7-35-8-6-31)29-19(28-16)14-11-25-21(24)26-12-14/h2-4,9-12H,5-8H2,1H3,(H,27,32)(H,33,34)(H2,24,25,26). The Kier molecular flexibility index (Phi) is 6.31. The fraction of sp³-hybridized carbons (Fsp3) is 0.217. The first-order chi connectivity index (χ1) is 17.4. The number of morpholine rings is 1. The lowest BCUT2D eigenvalue weighted by atomic mass is 10.1. The van der Waals surface area contributed by atoms with Crippen molar-refractivity contribution >= 4 is 51.1 Å². The lowest BCUT2D eigenvalue weighted by Crippen LogP contribution is -2.36. The minimum atomic E-state index is -1.34. The number of thiophene rings is 1. The Hall–Kier alpha value is -4.36. The smallest absolute Gasteiger partial charge is 0.415 e. The molecule has 13 heteroatoms. The van der Waals surface area contributed by atoms with Crippen LogP contribution in [0.5, 0.6) is 0 Å². The molecule has 1 saturated heterocycles. The first kappa shape index (κ1) is 23.4. The van der Waals surface area contributed by atoms with Crippen molar-refractivity contribution in [2.75, 3.05) is 49.3 Å². The summed E-state index contributed by atoms with van der Waals surface area (Å²) in [7, 11) is 1.18. The molecule has 0 spiro atoms. The van der Waals surface area contributed by atoms with Gasteiger partial charge in [-0.1, -0.05) is 12.1 Å². The van der Waals surface area contributed by atoms with Crippen molar-refractivity contribution in [3.63, 3.8) is 0 Å². The van der Waals surface area contributed by atoms with Crippen LogP contribution in [0.1, 0.15) is 0 Å². The monoisotopic (exact) mass is 506 g/mol. The van der Waals surface area contributed by atoms with E-state index < -0.39 is 12.1 Å². The molecule has 12 nitrogen and oxygen atoms in total. The van der Waals surface area contributed by atoms with E-state index >= 15 is 0 Å². The van der Waals surface area contributed by atoms with Crippen LogP contribution in [-0.2, 0) is 4.74 Å². The molecule has 1 aliphatic heterocycles. The molecule has 0 saturated carbocycles. The van der Waals surface area contributed by atoms with Gasteiger partial charge in [-0.15, -0.1) is 11.3 Å². The highest BCUT2D eigenvalue weighted by Gasteiger charge is 2.21. The lowest BCUT2D eigenvalue weighted by Gasteiger charge is -2.28. The third-order valence-electron chi connectivity index (χ3n) is 5.58. The number of rotatable bonds is 4. The average molecular weight is 507 g/mol. The number of aromatic nitrogens is 4. The molecule has 4 N–H and O–H groups in total. The number of hydrogen-bond acceptors (Lipinski definition) is 10. The number of hydrogen-bond donors (Lipinski definition) is 3. The van der Waals surface area contributed by atoms with Crippen molar-refractivity contribution in [1.29, 1.82) is 0 Å². The number of anilines is 3. The zero-order valence-electron chi connectivity index (χ0n) is 19.2. The molecule has 3 aromatic heterocycles. The van der Waals surface area contributed by atoms with Crippen molar-refractivity contribution in [3.05, 3.63) is 42.7 Å². The van der Waals surface area contributed by atoms with Crippen LogP contribution in [0.2, 0.25) is 0 Å². The number of nitrogens with one attached hydrogen (secondary N) is 1. The Morgan fingerprint density at radius 1 is 1.14 bits per heavy atom. The molecule has 5 rings (SSSR count). The highest BCUT2D eigenvalue weighted by molar-refractivity contribution is 7.22. The second-order valence-electron chi connectivity index (χ2n) is 7.98. The van der Waals surface area contributed by atoms with E-state index in [4.69, 9.17) is 25.5 Å². The second kappa shape index (κ2) is 9.71. The van der Waals surface area contributed by atoms with E-state index in [-0.39, 0.29) is 5.95 Å². The van der Waals surface area contributed by atoms with Crippen molar-refractivity contribution < 1.29 is 19.4 Å². The average Bonchev–Trinajstić information content (AvgIpc) is 3.33. The molecule has 1 aromatic carbocycles. The predicted molar refractivity (Wildman–Crippen MR) is 136 cm³/mol. The summed E-state index contributed by atoms with van der Waals surface area (Å²) in [5, 5.41) is 11.6. The van der Waals surface area contributed by atoms with Crippen LogP contribution in [0.15, 0.2) is 42.7 Å². The first-order valence-corrected chi connectivity index (χ1v) is 11.8. The number of nitrogens with two attached hydrogens (primary N) is 1. The maximum absolute atomic E-state index is 12.1. The Morgan fingerprint density at radius 3 is 2.61 bits per heavy atom. The summed E-state index contributed by atoms with van der Waals surface area (Å²) in [5.41, 5.74) is 8.38. The van der Waals surface area contributed by atoms with E-state index in [0.29, 0.717) is 48.3 Å². The Labute approximate surface area is 209 Å². The SMILES string of the molecule is CN(C(=O)O)C(=O)Nc1cccc(-c2cc3nc(-c4cnc(N)nc4)nc(N4CCOCC4)c3s2)c1. The normalized spacial score (nSPS) is 13.5. The molecule has 0 aliphatic carbocycles. The Balaban J connectivity index is 1.55. The van der Waals surface area contributed by atoms with E-state index in [1.165, 1.54) is 18.4 Å². The molecular formula is C23H22N8O4S. The lowest BCUT2D eigenvalue weighted by molar-refractivity contribution is 0.122. The van der Waals surface area contributed by atoms with Crippen LogP contribution in [0.4, 0.5) is 27.0 Å². The Bertz CT molecular complexity index is 1440. The summed E-state index contributed by atoms with van der Waals surface area (Å²) >= 11 is 1.54. The van der Waals surface area contributed by atoms with Crippen molar-refractivity contribution in [3.8, 4) is 21.8 Å². The fourth-order valence-electron chi connectivity index (χ4n) is 3.67. The molecule has 0 bridgehead atoms. The number of imide groups is 1. The first-order valence-electron chi connectivity index (χ1n) is 11.0. The maximum atomic E-state index is 12.1. The molecule has 3 amide bonds. The summed E-state index contributed by atoms with van der Waals surface area (Å²) in [6.45, 7) is 2.62. The van der Waals surface area contributed by atoms with E-state index in [1.54, 1.807) is 30.6 Å². The van der Waals surface area contributed by atoms with Crippen LogP contribution in [0, 0.1) is 0 Å². The minimum absolute atomic E-state index is 0.174. The molecule has 1 fully saturated rings. The highest BCUT2D eigenvalue weighted by atomic mass is 32.1. The van der Waals surface area contributed by atoms with Gasteiger partial charge in [0.05, 0.1) is 29.0 Å². The van der Waals surface area contributed by atoms with Crippen molar-refractivity contribution in [2.24, 2.45) is 0 Å². The molecule has 0 radical (unpaired) electrons. The van der Waals surface area contributed by atoms with Gasteiger partial charge in [-0.05, 0) is 23.8 Å². The molecule has 184 valence electrons. The minimum Gasteiger partial charge on any atom is -0.465 e. The van der Waals surface area contributed by atoms with Gasteiger partial charge in [-0.3, -0.25) is 0 Å². The molecular weight excluding hydrogens is 484 g/mol. The predicted octanol–water partition coefficient (Wildman–Crippen LogP) is 3.38. The van der Waals surface area contributed by atoms with Gasteiger partial charge >= 0.3 is 12.1 Å². The third kappa shape index (κ3) is 4.74. The summed E-state index contributed by atoms with van der Waals surface area (Å²) in [6.07, 6.45) is 1.85. The summed E-state index contributed by atoms with van der Waals surface area (Å²) < 4.78 is 6.45. The fourth-order valence-corrected chi connectivity index (χ4v) is 4.78. The van der Waals surface area contributed by atoms with E-state index in [9.17, 15) is 9.59 Å². The number of ether oxygens (including phenoxy) is 1. The van der Waals surface area contributed by atoms with Gasteiger partial charge in [0.1, 0.15) is 0 Å². The van der Waals surface area contributed by atoms with Crippen molar-refractivity contribution in [1.82, 2.24) is 24.8 Å². The number of amides is 3. The molecule has 0 unspecified atom stereocenters. The number of nitrogen functional groups attached to an aromatic ring is 1. The molecule has 0 atom stereocenters. The van der Waals surface area contributed by atoms with Gasteiger partial charge in [0.2, 0.25) is 5.95 Å². The van der Waals surface area contributed by atoms with Crippen LogP contribution in [-0.4, -0.2) is 75.4 Å². The molecule has 4 aromatic rings. The summed E-state index contributed by atoms with van der Waals surface area (Å²) in [5.74, 6) is 1.47. The van der Waals surface area contributed by atoms with Gasteiger partial charge in [-0.25, -0.2) is 34.4 Å². The zero-order valence-corrected chi connectivity index (χ0v) is 20.0. The Morgan fingerprint density at radius 2 is 1.89 bits per heavy atom. The number of carbonyl (C=O) groups is 2. The van der Waals surface area contributed by atoms with Crippen LogP contribution in [0.3, 0.4) is 0 Å². The molecule has 1 aliphatic rings. The van der Waals surface area contributed by atoms with Crippen LogP contribution >= 0.6 is 11.3 Å². The quantitative estimate of drug-likeness (QED) is 0.374. The van der Waals surface area contributed by atoms with Crippen LogP contribution in [0.25, 0.3) is 32.0 Å². The van der Waals surface area contributed by atoms with Gasteiger partial charge < -0.3 is 25.8 Å². The highest BCUT2D eigenvalue weighted by Crippen LogP contribution is 2.39. The number of carboxylic acid groups (broad SMARTS) is 1. The van der Waals surface area contributed by atoms with Gasteiger partial charge in [0, 0.05) is 43.1 Å². The second-order valence-corrected chi connectivity index (χ2v) is 9.03. The number of urea groups is 1. The number of nitrogens with zero attached hydrogens (tertiary/aromatic N) is 6. The zero-order chi connectivity index (χ0) is 25.2. The summed E-state index contributed by atoms with van der Waals surface area (Å²) in [4.78, 5) is 44.6. The molecule has 36 heavy (non-hydrogen) atoms. The van der Waals surface area contributed by atoms with Gasteiger partial charge in [0.25, 0.3) is 0 Å². The third-order valence-corrected chi connectivity index (χ3v) is 6.75. The number of fused-ring (bicyclic) bond motifs is 1. The van der Waals surface area contributed by atoms with Crippen LogP contribution < -0.4 is 16.0 Å². The molecule has 4 heterocycles. The van der Waals surface area contributed by atoms with E-state index in [0.717, 1.165) is 26.5 Å².